The average Bonchev–Trinajstić information content (AvgIpc) is 2.75. The maximum absolute atomic E-state index is 12.8. The Hall–Kier alpha value is -2.40. The van der Waals surface area contributed by atoms with E-state index in [0.717, 1.165) is 30.6 Å². The number of pyridine rings is 1. The smallest absolute Gasteiger partial charge is 0.223 e. The highest BCUT2D eigenvalue weighted by molar-refractivity contribution is 5.78. The van der Waals surface area contributed by atoms with Gasteiger partial charge in [-0.15, -0.1) is 0 Å². The lowest BCUT2D eigenvalue weighted by Crippen LogP contribution is -2.35. The van der Waals surface area contributed by atoms with E-state index in [-0.39, 0.29) is 11.8 Å². The van der Waals surface area contributed by atoms with E-state index in [2.05, 4.69) is 37.1 Å². The fourth-order valence-electron chi connectivity index (χ4n) is 4.20. The van der Waals surface area contributed by atoms with Crippen LogP contribution in [-0.2, 0) is 28.9 Å². The van der Waals surface area contributed by atoms with Gasteiger partial charge in [0.15, 0.2) is 0 Å². The molecule has 1 heterocycles. The van der Waals surface area contributed by atoms with Gasteiger partial charge in [0.25, 0.3) is 0 Å². The van der Waals surface area contributed by atoms with Gasteiger partial charge in [0.1, 0.15) is 12.4 Å². The van der Waals surface area contributed by atoms with Crippen molar-refractivity contribution >= 4 is 5.91 Å². The van der Waals surface area contributed by atoms with Crippen LogP contribution in [0.2, 0.25) is 0 Å². The molecule has 156 valence electrons. The van der Waals surface area contributed by atoms with Gasteiger partial charge >= 0.3 is 0 Å². The van der Waals surface area contributed by atoms with Crippen LogP contribution < -0.4 is 10.1 Å². The number of aryl methyl sites for hydroxylation is 1. The number of hydrogen-bond acceptors (Lipinski definition) is 4. The molecule has 5 nitrogen and oxygen atoms in total. The number of hydrogen-bond donors (Lipinski definition) is 1. The summed E-state index contributed by atoms with van der Waals surface area (Å²) in [4.78, 5) is 16.9. The van der Waals surface area contributed by atoms with Crippen LogP contribution in [0.25, 0.3) is 0 Å². The molecule has 0 bridgehead atoms. The molecule has 0 saturated heterocycles. The number of fused-ring (bicyclic) bond motifs is 1. The second kappa shape index (κ2) is 9.88. The van der Waals surface area contributed by atoms with Crippen LogP contribution in [0.5, 0.6) is 5.75 Å². The van der Waals surface area contributed by atoms with Crippen molar-refractivity contribution in [1.82, 2.24) is 10.3 Å². The first-order valence-corrected chi connectivity index (χ1v) is 10.4. The van der Waals surface area contributed by atoms with Gasteiger partial charge in [-0.1, -0.05) is 13.0 Å². The molecule has 3 rings (SSSR count). The Morgan fingerprint density at radius 2 is 2.14 bits per heavy atom. The van der Waals surface area contributed by atoms with Gasteiger partial charge in [-0.3, -0.25) is 9.78 Å². The molecule has 2 atom stereocenters. The Morgan fingerprint density at radius 3 is 2.86 bits per heavy atom. The molecule has 0 fully saturated rings. The average molecular weight is 397 g/mol. The number of ether oxygens (including phenoxy) is 2. The fraction of sp³-hybridized carbons (Fsp3) is 0.500. The second-order valence-electron chi connectivity index (χ2n) is 7.99. The molecule has 1 aromatic carbocycles. The fourth-order valence-corrected chi connectivity index (χ4v) is 4.20. The summed E-state index contributed by atoms with van der Waals surface area (Å²) >= 11 is 0. The quantitative estimate of drug-likeness (QED) is 0.690. The zero-order valence-corrected chi connectivity index (χ0v) is 18.0. The van der Waals surface area contributed by atoms with E-state index in [0.29, 0.717) is 25.7 Å². The minimum Gasteiger partial charge on any atom is -0.491 e. The van der Waals surface area contributed by atoms with Crippen LogP contribution in [0.3, 0.4) is 0 Å². The van der Waals surface area contributed by atoms with E-state index < -0.39 is 0 Å². The van der Waals surface area contributed by atoms with Crippen LogP contribution in [0.4, 0.5) is 0 Å². The number of amides is 1. The second-order valence-corrected chi connectivity index (χ2v) is 7.99. The van der Waals surface area contributed by atoms with Crippen molar-refractivity contribution in [3.05, 3.63) is 58.4 Å². The van der Waals surface area contributed by atoms with E-state index >= 15 is 0 Å². The highest BCUT2D eigenvalue weighted by Crippen LogP contribution is 2.37. The predicted octanol–water partition coefficient (Wildman–Crippen LogP) is 3.78. The predicted molar refractivity (Wildman–Crippen MR) is 114 cm³/mol. The Labute approximate surface area is 173 Å². The summed E-state index contributed by atoms with van der Waals surface area (Å²) in [6.07, 6.45) is 6.51. The Bertz CT molecular complexity index is 836. The third kappa shape index (κ3) is 5.15. The van der Waals surface area contributed by atoms with Gasteiger partial charge in [-0.05, 0) is 79.0 Å². The maximum atomic E-state index is 12.8. The summed E-state index contributed by atoms with van der Waals surface area (Å²) in [5.74, 6) is 1.36. The van der Waals surface area contributed by atoms with E-state index in [1.54, 1.807) is 19.5 Å². The molecule has 0 spiro atoms. The van der Waals surface area contributed by atoms with Crippen molar-refractivity contribution in [1.29, 1.82) is 0 Å². The molecule has 29 heavy (non-hydrogen) atoms. The minimum absolute atomic E-state index is 0.0300. The number of carbonyl (C=O) groups excluding carboxylic acids is 1. The first-order valence-electron chi connectivity index (χ1n) is 10.4. The van der Waals surface area contributed by atoms with E-state index in [1.165, 1.54) is 22.3 Å². The van der Waals surface area contributed by atoms with Crippen molar-refractivity contribution in [3.8, 4) is 5.75 Å². The van der Waals surface area contributed by atoms with Gasteiger partial charge in [0.05, 0.1) is 6.61 Å². The monoisotopic (exact) mass is 396 g/mol. The first-order chi connectivity index (χ1) is 14.0. The molecule has 1 aliphatic carbocycles. The normalized spacial score (nSPS) is 16.8. The van der Waals surface area contributed by atoms with Crippen molar-refractivity contribution in [3.63, 3.8) is 0 Å². The lowest BCUT2D eigenvalue weighted by molar-refractivity contribution is -0.126. The van der Waals surface area contributed by atoms with E-state index in [4.69, 9.17) is 9.47 Å². The Kier molecular flexibility index (Phi) is 7.26. The third-order valence-corrected chi connectivity index (χ3v) is 6.10. The van der Waals surface area contributed by atoms with E-state index in [1.807, 2.05) is 12.1 Å². The molecule has 2 aromatic rings. The molecule has 1 N–H and O–H groups in total. The lowest BCUT2D eigenvalue weighted by Gasteiger charge is -2.31. The van der Waals surface area contributed by atoms with Crippen molar-refractivity contribution in [2.45, 2.75) is 46.6 Å². The summed E-state index contributed by atoms with van der Waals surface area (Å²) in [7, 11) is 1.68. The van der Waals surface area contributed by atoms with Crippen LogP contribution in [0.1, 0.15) is 41.2 Å². The van der Waals surface area contributed by atoms with Crippen LogP contribution in [-0.4, -0.2) is 31.2 Å². The number of aromatic nitrogens is 1. The number of methoxy groups -OCH3 is 1. The van der Waals surface area contributed by atoms with Crippen molar-refractivity contribution < 1.29 is 14.3 Å². The standard InChI is InChI=1S/C24H32N2O3/c1-16-12-23(29-11-10-28-4)18(3)22-13-20(7-8-21(16)22)17(2)24(27)26-15-19-6-5-9-25-14-19/h5-6,9,12,14,17,20H,7-8,10-11,13,15H2,1-4H3,(H,26,27). The molecule has 2 unspecified atom stereocenters. The zero-order valence-electron chi connectivity index (χ0n) is 18.0. The lowest BCUT2D eigenvalue weighted by atomic mass is 9.74. The zero-order chi connectivity index (χ0) is 20.8. The summed E-state index contributed by atoms with van der Waals surface area (Å²) in [5, 5.41) is 3.07. The van der Waals surface area contributed by atoms with Gasteiger partial charge in [-0.2, -0.15) is 0 Å². The van der Waals surface area contributed by atoms with Gasteiger partial charge in [0.2, 0.25) is 5.91 Å². The summed E-state index contributed by atoms with van der Waals surface area (Å²) in [5.41, 5.74) is 6.30. The Balaban J connectivity index is 1.67. The minimum atomic E-state index is -0.0300. The summed E-state index contributed by atoms with van der Waals surface area (Å²) < 4.78 is 11.0. The number of nitrogens with zero attached hydrogens (tertiary/aromatic N) is 1. The molecule has 1 aromatic heterocycles. The van der Waals surface area contributed by atoms with Gasteiger partial charge in [0, 0.05) is 32.0 Å². The van der Waals surface area contributed by atoms with Crippen LogP contribution in [0, 0.1) is 25.7 Å². The first kappa shape index (κ1) is 21.3. The number of nitrogens with one attached hydrogen (secondary N) is 1. The molecule has 0 saturated carbocycles. The molecular formula is C24H32N2O3. The molecule has 5 heteroatoms. The molecular weight excluding hydrogens is 364 g/mol. The molecule has 0 aliphatic heterocycles. The Morgan fingerprint density at radius 1 is 1.31 bits per heavy atom. The van der Waals surface area contributed by atoms with Crippen molar-refractivity contribution in [2.75, 3.05) is 20.3 Å². The largest absolute Gasteiger partial charge is 0.491 e. The molecule has 1 amide bonds. The summed E-state index contributed by atoms with van der Waals surface area (Å²) in [6, 6.07) is 6.01. The van der Waals surface area contributed by atoms with Gasteiger partial charge < -0.3 is 14.8 Å². The number of benzene rings is 1. The SMILES string of the molecule is COCCOc1cc(C)c2c(c1C)CC(C(C)C(=O)NCc1cccnc1)CC2. The highest BCUT2D eigenvalue weighted by atomic mass is 16.5. The molecule has 1 aliphatic rings. The van der Waals surface area contributed by atoms with E-state index in [9.17, 15) is 4.79 Å². The van der Waals surface area contributed by atoms with Gasteiger partial charge in [-0.25, -0.2) is 0 Å². The maximum Gasteiger partial charge on any atom is 0.223 e. The topological polar surface area (TPSA) is 60.5 Å². The van der Waals surface area contributed by atoms with Crippen LogP contribution >= 0.6 is 0 Å². The number of carbonyl (C=O) groups is 1. The van der Waals surface area contributed by atoms with Crippen LogP contribution in [0.15, 0.2) is 30.6 Å². The number of rotatable bonds is 8. The van der Waals surface area contributed by atoms with Crippen molar-refractivity contribution in [2.24, 2.45) is 11.8 Å². The third-order valence-electron chi connectivity index (χ3n) is 6.10. The highest BCUT2D eigenvalue weighted by Gasteiger charge is 2.30. The molecule has 0 radical (unpaired) electrons. The summed E-state index contributed by atoms with van der Waals surface area (Å²) in [6.45, 7) is 7.99.